The number of nitrogens with two attached hydrogens (primary N) is 1. The first-order valence-electron chi connectivity index (χ1n) is 6.09. The van der Waals surface area contributed by atoms with Gasteiger partial charge in [0.2, 0.25) is 0 Å². The molecule has 2 heterocycles. The van der Waals surface area contributed by atoms with Gasteiger partial charge in [-0.1, -0.05) is 0 Å². The average molecular weight is 286 g/mol. The molecule has 0 fully saturated rings. The third-order valence-electron chi connectivity index (χ3n) is 2.99. The van der Waals surface area contributed by atoms with Gasteiger partial charge in [-0.2, -0.15) is 0 Å². The van der Waals surface area contributed by atoms with E-state index in [2.05, 4.69) is 15.0 Å². The summed E-state index contributed by atoms with van der Waals surface area (Å²) in [6.07, 6.45) is 1.67. The molecule has 20 heavy (non-hydrogen) atoms. The summed E-state index contributed by atoms with van der Waals surface area (Å²) in [7, 11) is 1.65. The Morgan fingerprint density at radius 2 is 2.15 bits per heavy atom. The molecule has 6 heteroatoms. The SMILES string of the molecule is COc1ccc2nc(Sc3cc(C)c(N)cn3)[nH]c2c1. The van der Waals surface area contributed by atoms with Crippen LogP contribution in [-0.4, -0.2) is 22.1 Å². The van der Waals surface area contributed by atoms with E-state index in [0.29, 0.717) is 5.69 Å². The highest BCUT2D eigenvalue weighted by Gasteiger charge is 2.07. The van der Waals surface area contributed by atoms with Crippen molar-refractivity contribution in [2.45, 2.75) is 17.1 Å². The average Bonchev–Trinajstić information content (AvgIpc) is 2.84. The number of rotatable bonds is 3. The zero-order valence-corrected chi connectivity index (χ0v) is 12.0. The number of anilines is 1. The van der Waals surface area contributed by atoms with Crippen molar-refractivity contribution in [3.05, 3.63) is 36.0 Å². The minimum absolute atomic E-state index is 0.698. The summed E-state index contributed by atoms with van der Waals surface area (Å²) in [6, 6.07) is 7.70. The Morgan fingerprint density at radius 1 is 1.30 bits per heavy atom. The van der Waals surface area contributed by atoms with Gasteiger partial charge in [-0.05, 0) is 42.4 Å². The molecule has 2 aromatic heterocycles. The van der Waals surface area contributed by atoms with Crippen molar-refractivity contribution in [3.8, 4) is 5.75 Å². The lowest BCUT2D eigenvalue weighted by atomic mass is 10.3. The second-order valence-corrected chi connectivity index (χ2v) is 5.42. The molecule has 3 aromatic rings. The Balaban J connectivity index is 1.92. The Hall–Kier alpha value is -2.21. The van der Waals surface area contributed by atoms with Crippen LogP contribution in [0.2, 0.25) is 0 Å². The van der Waals surface area contributed by atoms with E-state index in [1.54, 1.807) is 13.3 Å². The van der Waals surface area contributed by atoms with Crippen molar-refractivity contribution in [2.24, 2.45) is 0 Å². The third kappa shape index (κ3) is 2.42. The molecule has 1 aromatic carbocycles. The zero-order chi connectivity index (χ0) is 14.1. The van der Waals surface area contributed by atoms with Crippen LogP contribution >= 0.6 is 11.8 Å². The lowest BCUT2D eigenvalue weighted by Gasteiger charge is -2.01. The van der Waals surface area contributed by atoms with Gasteiger partial charge in [0.15, 0.2) is 5.16 Å². The number of pyridine rings is 1. The summed E-state index contributed by atoms with van der Waals surface area (Å²) >= 11 is 1.48. The number of benzene rings is 1. The number of aromatic nitrogens is 3. The molecule has 0 spiro atoms. The fraction of sp³-hybridized carbons (Fsp3) is 0.143. The van der Waals surface area contributed by atoms with Crippen molar-refractivity contribution in [1.29, 1.82) is 0 Å². The quantitative estimate of drug-likeness (QED) is 0.774. The van der Waals surface area contributed by atoms with E-state index in [4.69, 9.17) is 10.5 Å². The summed E-state index contributed by atoms with van der Waals surface area (Å²) in [5, 5.41) is 1.66. The van der Waals surface area contributed by atoms with Crippen LogP contribution in [0.4, 0.5) is 5.69 Å². The van der Waals surface area contributed by atoms with Crippen LogP contribution in [0.5, 0.6) is 5.75 Å². The molecule has 0 aliphatic rings. The summed E-state index contributed by atoms with van der Waals surface area (Å²) < 4.78 is 5.20. The minimum atomic E-state index is 0.698. The summed E-state index contributed by atoms with van der Waals surface area (Å²) in [6.45, 7) is 1.96. The fourth-order valence-corrected chi connectivity index (χ4v) is 2.68. The van der Waals surface area contributed by atoms with Gasteiger partial charge >= 0.3 is 0 Å². The number of nitrogen functional groups attached to an aromatic ring is 1. The van der Waals surface area contributed by atoms with Crippen LogP contribution in [0.1, 0.15) is 5.56 Å². The normalized spacial score (nSPS) is 10.9. The third-order valence-corrected chi connectivity index (χ3v) is 3.81. The van der Waals surface area contributed by atoms with Gasteiger partial charge < -0.3 is 15.5 Å². The first-order chi connectivity index (χ1) is 9.65. The molecule has 0 amide bonds. The van der Waals surface area contributed by atoms with Gasteiger partial charge in [-0.15, -0.1) is 0 Å². The molecular weight excluding hydrogens is 272 g/mol. The number of aryl methyl sites for hydroxylation is 1. The predicted octanol–water partition coefficient (Wildman–Crippen LogP) is 3.01. The summed E-state index contributed by atoms with van der Waals surface area (Å²) in [4.78, 5) is 12.1. The molecule has 0 bridgehead atoms. The maximum absolute atomic E-state index is 5.77. The second-order valence-electron chi connectivity index (χ2n) is 4.41. The van der Waals surface area contributed by atoms with Crippen LogP contribution in [-0.2, 0) is 0 Å². The van der Waals surface area contributed by atoms with Crippen LogP contribution in [0.15, 0.2) is 40.6 Å². The number of nitrogens with one attached hydrogen (secondary N) is 1. The van der Waals surface area contributed by atoms with Crippen molar-refractivity contribution in [3.63, 3.8) is 0 Å². The molecule has 3 rings (SSSR count). The highest BCUT2D eigenvalue weighted by molar-refractivity contribution is 7.99. The zero-order valence-electron chi connectivity index (χ0n) is 11.2. The van der Waals surface area contributed by atoms with Gasteiger partial charge in [-0.25, -0.2) is 9.97 Å². The number of nitrogens with zero attached hydrogens (tertiary/aromatic N) is 2. The lowest BCUT2D eigenvalue weighted by molar-refractivity contribution is 0.415. The maximum atomic E-state index is 5.77. The van der Waals surface area contributed by atoms with E-state index in [-0.39, 0.29) is 0 Å². The van der Waals surface area contributed by atoms with E-state index in [1.165, 1.54) is 11.8 Å². The minimum Gasteiger partial charge on any atom is -0.497 e. The van der Waals surface area contributed by atoms with E-state index >= 15 is 0 Å². The predicted molar refractivity (Wildman–Crippen MR) is 80.2 cm³/mol. The molecule has 0 radical (unpaired) electrons. The second kappa shape index (κ2) is 5.05. The van der Waals surface area contributed by atoms with Crippen LogP contribution in [0, 0.1) is 6.92 Å². The Bertz CT molecular complexity index is 769. The smallest absolute Gasteiger partial charge is 0.172 e. The van der Waals surface area contributed by atoms with Gasteiger partial charge in [0.05, 0.1) is 30.0 Å². The topological polar surface area (TPSA) is 76.8 Å². The number of ether oxygens (including phenoxy) is 1. The van der Waals surface area contributed by atoms with E-state index < -0.39 is 0 Å². The molecular formula is C14H14N4OS. The van der Waals surface area contributed by atoms with E-state index in [1.807, 2.05) is 31.2 Å². The molecule has 0 saturated carbocycles. The summed E-state index contributed by atoms with van der Waals surface area (Å²) in [5.41, 5.74) is 9.33. The molecule has 5 nitrogen and oxygen atoms in total. The maximum Gasteiger partial charge on any atom is 0.172 e. The first kappa shape index (κ1) is 12.8. The molecule has 3 N–H and O–H groups in total. The standard InChI is InChI=1S/C14H14N4OS/c1-8-5-13(16-7-10(8)15)20-14-17-11-4-3-9(19-2)6-12(11)18-14/h3-7H,15H2,1-2H3,(H,17,18). The van der Waals surface area contributed by atoms with Crippen LogP contribution in [0.25, 0.3) is 11.0 Å². The number of fused-ring (bicyclic) bond motifs is 1. The van der Waals surface area contributed by atoms with Crippen molar-refractivity contribution < 1.29 is 4.74 Å². The number of hydrogen-bond acceptors (Lipinski definition) is 5. The molecule has 0 atom stereocenters. The number of imidazole rings is 1. The monoisotopic (exact) mass is 286 g/mol. The highest BCUT2D eigenvalue weighted by Crippen LogP contribution is 2.28. The number of H-pyrrole nitrogens is 1. The highest BCUT2D eigenvalue weighted by atomic mass is 32.2. The Labute approximate surface area is 120 Å². The molecule has 0 unspecified atom stereocenters. The fourth-order valence-electron chi connectivity index (χ4n) is 1.84. The first-order valence-corrected chi connectivity index (χ1v) is 6.91. The van der Waals surface area contributed by atoms with Crippen molar-refractivity contribution in [2.75, 3.05) is 12.8 Å². The number of hydrogen-bond donors (Lipinski definition) is 2. The largest absolute Gasteiger partial charge is 0.497 e. The number of methoxy groups -OCH3 is 1. The van der Waals surface area contributed by atoms with E-state index in [9.17, 15) is 0 Å². The number of aromatic amines is 1. The van der Waals surface area contributed by atoms with Crippen molar-refractivity contribution >= 4 is 28.5 Å². The van der Waals surface area contributed by atoms with Gasteiger partial charge in [0.1, 0.15) is 10.8 Å². The lowest BCUT2D eigenvalue weighted by Crippen LogP contribution is -1.91. The molecule has 102 valence electrons. The van der Waals surface area contributed by atoms with Gasteiger partial charge in [-0.3, -0.25) is 0 Å². The van der Waals surface area contributed by atoms with Gasteiger partial charge in [0, 0.05) is 6.07 Å². The Kier molecular flexibility index (Phi) is 3.23. The van der Waals surface area contributed by atoms with E-state index in [0.717, 1.165) is 32.5 Å². The summed E-state index contributed by atoms with van der Waals surface area (Å²) in [5.74, 6) is 0.805. The van der Waals surface area contributed by atoms with Crippen molar-refractivity contribution in [1.82, 2.24) is 15.0 Å². The van der Waals surface area contributed by atoms with Crippen LogP contribution < -0.4 is 10.5 Å². The van der Waals surface area contributed by atoms with Gasteiger partial charge in [0.25, 0.3) is 0 Å². The molecule has 0 saturated heterocycles. The van der Waals surface area contributed by atoms with Crippen LogP contribution in [0.3, 0.4) is 0 Å². The molecule has 0 aliphatic carbocycles. The molecule has 0 aliphatic heterocycles. The Morgan fingerprint density at radius 3 is 2.90 bits per heavy atom.